The van der Waals surface area contributed by atoms with Gasteiger partial charge in [0.1, 0.15) is 0 Å². The van der Waals surface area contributed by atoms with E-state index in [9.17, 15) is 0 Å². The van der Waals surface area contributed by atoms with Crippen LogP contribution in [0.1, 0.15) is 12.8 Å². The van der Waals surface area contributed by atoms with Gasteiger partial charge in [0.05, 0.1) is 5.69 Å². The monoisotopic (exact) mass is 319 g/mol. The number of nitrogens with one attached hydrogen (secondary N) is 1. The van der Waals surface area contributed by atoms with Crippen LogP contribution in [0.3, 0.4) is 0 Å². The Hall–Kier alpha value is -2.40. The number of fused-ring (bicyclic) bond motifs is 5. The van der Waals surface area contributed by atoms with Gasteiger partial charge in [-0.3, -0.25) is 0 Å². The van der Waals surface area contributed by atoms with Crippen molar-refractivity contribution in [2.45, 2.75) is 18.9 Å². The minimum Gasteiger partial charge on any atom is -0.360 e. The Bertz CT molecular complexity index is 846. The van der Waals surface area contributed by atoms with Gasteiger partial charge in [-0.1, -0.05) is 18.2 Å². The molecule has 1 aromatic carbocycles. The summed E-state index contributed by atoms with van der Waals surface area (Å²) in [5.74, 6) is 1.02. The van der Waals surface area contributed by atoms with E-state index in [1.807, 2.05) is 12.3 Å². The predicted octanol–water partition coefficient (Wildman–Crippen LogP) is 2.91. The molecule has 0 amide bonds. The Morgan fingerprint density at radius 1 is 0.917 bits per heavy atom. The van der Waals surface area contributed by atoms with Crippen LogP contribution in [-0.2, 0) is 0 Å². The molecule has 2 bridgehead atoms. The average Bonchev–Trinajstić information content (AvgIpc) is 2.84. The van der Waals surface area contributed by atoms with Gasteiger partial charge in [0.2, 0.25) is 0 Å². The lowest BCUT2D eigenvalue weighted by atomic mass is 10.1. The highest BCUT2D eigenvalue weighted by Gasteiger charge is 2.29. The van der Waals surface area contributed by atoms with Gasteiger partial charge in [0, 0.05) is 54.9 Å². The normalized spacial score (nSPS) is 23.6. The molecule has 1 N–H and O–H groups in total. The van der Waals surface area contributed by atoms with Crippen LogP contribution >= 0.6 is 0 Å². The summed E-state index contributed by atoms with van der Waals surface area (Å²) in [4.78, 5) is 8.33. The van der Waals surface area contributed by atoms with Crippen molar-refractivity contribution >= 4 is 16.7 Å². The zero-order valence-corrected chi connectivity index (χ0v) is 13.7. The number of anilines is 1. The van der Waals surface area contributed by atoms with E-state index in [1.54, 1.807) is 0 Å². The van der Waals surface area contributed by atoms with Crippen LogP contribution in [0.2, 0.25) is 0 Å². The molecule has 3 aliphatic rings. The van der Waals surface area contributed by atoms with Crippen molar-refractivity contribution in [1.82, 2.24) is 20.1 Å². The summed E-state index contributed by atoms with van der Waals surface area (Å²) >= 11 is 0. The number of hydrogen-bond donors (Lipinski definition) is 1. The molecule has 0 atom stereocenters. The molecule has 24 heavy (non-hydrogen) atoms. The fourth-order valence-electron chi connectivity index (χ4n) is 4.09. The highest BCUT2D eigenvalue weighted by Crippen LogP contribution is 2.29. The Morgan fingerprint density at radius 3 is 2.62 bits per heavy atom. The van der Waals surface area contributed by atoms with Crippen LogP contribution in [0.25, 0.3) is 22.2 Å². The van der Waals surface area contributed by atoms with E-state index in [0.717, 1.165) is 35.7 Å². The van der Waals surface area contributed by atoms with E-state index in [0.29, 0.717) is 6.04 Å². The molecule has 5 heteroatoms. The molecule has 122 valence electrons. The zero-order chi connectivity index (χ0) is 15.9. The van der Waals surface area contributed by atoms with E-state index in [1.165, 1.54) is 31.3 Å². The van der Waals surface area contributed by atoms with Gasteiger partial charge < -0.3 is 14.8 Å². The molecular weight excluding hydrogens is 298 g/mol. The van der Waals surface area contributed by atoms with Gasteiger partial charge in [-0.25, -0.2) is 0 Å². The molecule has 0 radical (unpaired) electrons. The van der Waals surface area contributed by atoms with E-state index < -0.39 is 0 Å². The molecule has 3 fully saturated rings. The first-order chi connectivity index (χ1) is 11.9. The van der Waals surface area contributed by atoms with Crippen LogP contribution in [0.4, 0.5) is 5.82 Å². The second-order valence-electron chi connectivity index (χ2n) is 6.79. The second kappa shape index (κ2) is 5.60. The van der Waals surface area contributed by atoms with Crippen molar-refractivity contribution in [3.05, 3.63) is 42.6 Å². The molecule has 3 saturated heterocycles. The van der Waals surface area contributed by atoms with Gasteiger partial charge in [-0.2, -0.15) is 0 Å². The van der Waals surface area contributed by atoms with Gasteiger partial charge in [-0.05, 0) is 31.0 Å². The third-order valence-electron chi connectivity index (χ3n) is 5.46. The summed E-state index contributed by atoms with van der Waals surface area (Å²) in [6, 6.07) is 13.2. The number of piperidine rings is 1. The van der Waals surface area contributed by atoms with Gasteiger partial charge in [0.25, 0.3) is 0 Å². The Labute approximate surface area is 141 Å². The number of nitrogens with zero attached hydrogens (tertiary/aromatic N) is 4. The fraction of sp³-hybridized carbons (Fsp3) is 0.368. The molecular formula is C19H21N5. The molecule has 5 nitrogen and oxygen atoms in total. The van der Waals surface area contributed by atoms with Crippen LogP contribution in [0.15, 0.2) is 42.6 Å². The molecule has 0 saturated carbocycles. The predicted molar refractivity (Wildman–Crippen MR) is 96.1 cm³/mol. The number of rotatable bonds is 2. The molecule has 0 unspecified atom stereocenters. The van der Waals surface area contributed by atoms with Crippen LogP contribution in [0.5, 0.6) is 0 Å². The number of aromatic nitrogens is 3. The topological polar surface area (TPSA) is 48.1 Å². The number of H-pyrrole nitrogens is 1. The third kappa shape index (κ3) is 2.27. The maximum atomic E-state index is 4.57. The zero-order valence-electron chi connectivity index (χ0n) is 13.7. The number of benzene rings is 1. The smallest absolute Gasteiger partial charge is 0.151 e. The molecule has 2 aromatic heterocycles. The van der Waals surface area contributed by atoms with Crippen molar-refractivity contribution in [2.24, 2.45) is 0 Å². The minimum atomic E-state index is 0.622. The number of hydrogen-bond acceptors (Lipinski definition) is 4. The minimum absolute atomic E-state index is 0.622. The molecule has 5 heterocycles. The van der Waals surface area contributed by atoms with Crippen molar-refractivity contribution in [1.29, 1.82) is 0 Å². The summed E-state index contributed by atoms with van der Waals surface area (Å²) in [5, 5.41) is 10.3. The van der Waals surface area contributed by atoms with E-state index in [-0.39, 0.29) is 0 Å². The lowest BCUT2D eigenvalue weighted by Gasteiger charge is -2.31. The van der Waals surface area contributed by atoms with Gasteiger partial charge in [0.15, 0.2) is 5.82 Å². The van der Waals surface area contributed by atoms with Gasteiger partial charge >= 0.3 is 0 Å². The van der Waals surface area contributed by atoms with Crippen molar-refractivity contribution < 1.29 is 0 Å². The van der Waals surface area contributed by atoms with Gasteiger partial charge in [-0.15, -0.1) is 10.2 Å². The third-order valence-corrected chi connectivity index (χ3v) is 5.46. The van der Waals surface area contributed by atoms with Crippen LogP contribution in [0, 0.1) is 0 Å². The summed E-state index contributed by atoms with van der Waals surface area (Å²) in [5.41, 5.74) is 3.18. The average molecular weight is 319 g/mol. The summed E-state index contributed by atoms with van der Waals surface area (Å²) < 4.78 is 0. The maximum Gasteiger partial charge on any atom is 0.151 e. The standard InChI is InChI=1S/C19H21N5/c1-2-4-17-15(3-1)16(13-20-17)18-5-6-19(22-21-18)24-12-11-23-9-7-14(24)8-10-23/h1-6,13-14,20H,7-12H2. The summed E-state index contributed by atoms with van der Waals surface area (Å²) in [6.07, 6.45) is 4.51. The summed E-state index contributed by atoms with van der Waals surface area (Å²) in [7, 11) is 0. The first kappa shape index (κ1) is 14.0. The Morgan fingerprint density at radius 2 is 1.79 bits per heavy atom. The molecule has 6 rings (SSSR count). The molecule has 3 aliphatic heterocycles. The number of para-hydroxylation sites is 1. The van der Waals surface area contributed by atoms with Crippen LogP contribution < -0.4 is 4.90 Å². The lowest BCUT2D eigenvalue weighted by molar-refractivity contribution is 0.250. The Kier molecular flexibility index (Phi) is 3.26. The van der Waals surface area contributed by atoms with Crippen molar-refractivity contribution in [3.8, 4) is 11.3 Å². The van der Waals surface area contributed by atoms with E-state index in [4.69, 9.17) is 0 Å². The van der Waals surface area contributed by atoms with E-state index in [2.05, 4.69) is 55.3 Å². The highest BCUT2D eigenvalue weighted by atomic mass is 15.3. The first-order valence-corrected chi connectivity index (χ1v) is 8.78. The second-order valence-corrected chi connectivity index (χ2v) is 6.79. The molecule has 0 aliphatic carbocycles. The first-order valence-electron chi connectivity index (χ1n) is 8.78. The largest absolute Gasteiger partial charge is 0.360 e. The quantitative estimate of drug-likeness (QED) is 0.789. The molecule has 0 spiro atoms. The van der Waals surface area contributed by atoms with E-state index >= 15 is 0 Å². The molecule has 3 aromatic rings. The SMILES string of the molecule is c1ccc2c(-c3ccc(N4CCN5CCC4CC5)nn3)c[nH]c2c1. The maximum absolute atomic E-state index is 4.57. The summed E-state index contributed by atoms with van der Waals surface area (Å²) in [6.45, 7) is 4.65. The number of aromatic amines is 1. The van der Waals surface area contributed by atoms with Crippen LogP contribution in [-0.4, -0.2) is 52.3 Å². The fourth-order valence-corrected chi connectivity index (χ4v) is 4.09. The van der Waals surface area contributed by atoms with Crippen molar-refractivity contribution in [2.75, 3.05) is 31.1 Å². The lowest BCUT2D eigenvalue weighted by Crippen LogP contribution is -2.38. The highest BCUT2D eigenvalue weighted by molar-refractivity contribution is 5.94. The van der Waals surface area contributed by atoms with Crippen molar-refractivity contribution in [3.63, 3.8) is 0 Å². The Balaban J connectivity index is 1.47.